The van der Waals surface area contributed by atoms with Gasteiger partial charge in [0, 0.05) is 11.6 Å². The van der Waals surface area contributed by atoms with Gasteiger partial charge in [-0.25, -0.2) is 10.2 Å². The van der Waals surface area contributed by atoms with Crippen molar-refractivity contribution in [2.75, 3.05) is 0 Å². The van der Waals surface area contributed by atoms with Crippen LogP contribution in [0.3, 0.4) is 0 Å². The van der Waals surface area contributed by atoms with E-state index in [4.69, 9.17) is 5.84 Å². The van der Waals surface area contributed by atoms with Crippen LogP contribution in [-0.4, -0.2) is 28.0 Å². The molecule has 1 aliphatic carbocycles. The lowest BCUT2D eigenvalue weighted by molar-refractivity contribution is -0.131. The molecule has 1 aromatic carbocycles. The minimum atomic E-state index is -0.841. The van der Waals surface area contributed by atoms with E-state index in [-0.39, 0.29) is 18.2 Å². The number of aliphatic hydroxyl groups excluding tert-OH is 1. The normalized spacial score (nSPS) is 15.2. The summed E-state index contributed by atoms with van der Waals surface area (Å²) in [5.41, 5.74) is 0.908. The van der Waals surface area contributed by atoms with Gasteiger partial charge in [-0.1, -0.05) is 38.0 Å². The second-order valence-electron chi connectivity index (χ2n) is 7.58. The third-order valence-corrected chi connectivity index (χ3v) is 5.98. The highest BCUT2D eigenvalue weighted by Crippen LogP contribution is 2.26. The van der Waals surface area contributed by atoms with Gasteiger partial charge in [0.25, 0.3) is 11.8 Å². The van der Waals surface area contributed by atoms with Crippen molar-refractivity contribution in [1.29, 1.82) is 0 Å². The second-order valence-corrected chi connectivity index (χ2v) is 8.36. The first kappa shape index (κ1) is 22.7. The van der Waals surface area contributed by atoms with Crippen molar-refractivity contribution in [2.45, 2.75) is 44.7 Å². The van der Waals surface area contributed by atoms with Crippen molar-refractivity contribution < 1.29 is 19.1 Å². The molecule has 1 aromatic heterocycles. The predicted molar refractivity (Wildman–Crippen MR) is 119 cm³/mol. The predicted octanol–water partition coefficient (Wildman–Crippen LogP) is 4.06. The van der Waals surface area contributed by atoms with Crippen LogP contribution in [0, 0.1) is 5.82 Å². The number of benzene rings is 1. The highest BCUT2D eigenvalue weighted by Gasteiger charge is 2.30. The van der Waals surface area contributed by atoms with E-state index in [0.29, 0.717) is 11.1 Å². The SMILES string of the molecule is C=C(/C(O)=C(/C(=O)NC1CCCCC1)C(=O)N(N)Cc1ccc(F)cc1)c1ccsc1. The molecule has 0 bridgehead atoms. The van der Waals surface area contributed by atoms with Crippen LogP contribution < -0.4 is 11.2 Å². The van der Waals surface area contributed by atoms with Gasteiger partial charge in [0.15, 0.2) is 0 Å². The topological polar surface area (TPSA) is 95.7 Å². The number of halogens is 1. The maximum atomic E-state index is 13.2. The monoisotopic (exact) mass is 443 g/mol. The highest BCUT2D eigenvalue weighted by atomic mass is 32.1. The third-order valence-electron chi connectivity index (χ3n) is 5.30. The summed E-state index contributed by atoms with van der Waals surface area (Å²) in [4.78, 5) is 26.2. The van der Waals surface area contributed by atoms with Crippen LogP contribution in [0.4, 0.5) is 4.39 Å². The van der Waals surface area contributed by atoms with Gasteiger partial charge < -0.3 is 10.4 Å². The maximum absolute atomic E-state index is 13.2. The number of carbonyl (C=O) groups excluding carboxylic acids is 2. The summed E-state index contributed by atoms with van der Waals surface area (Å²) in [6, 6.07) is 7.19. The van der Waals surface area contributed by atoms with Gasteiger partial charge in [-0.2, -0.15) is 11.3 Å². The Morgan fingerprint density at radius 1 is 1.19 bits per heavy atom. The van der Waals surface area contributed by atoms with E-state index in [1.165, 1.54) is 35.6 Å². The van der Waals surface area contributed by atoms with Gasteiger partial charge in [-0.15, -0.1) is 0 Å². The summed E-state index contributed by atoms with van der Waals surface area (Å²) in [5.74, 6) is 3.52. The molecule has 1 fully saturated rings. The molecule has 4 N–H and O–H groups in total. The van der Waals surface area contributed by atoms with Gasteiger partial charge in [-0.3, -0.25) is 14.6 Å². The molecule has 2 amide bonds. The lowest BCUT2D eigenvalue weighted by Crippen LogP contribution is -2.45. The standard InChI is InChI=1S/C23H26FN3O3S/c1-15(17-11-12-31-14-17)21(28)20(22(29)26-19-5-3-2-4-6-19)23(30)27(25)13-16-7-9-18(24)10-8-16/h7-12,14,19,28H,1-6,13,25H2,(H,26,29)/b21-20+. The van der Waals surface area contributed by atoms with E-state index in [9.17, 15) is 19.1 Å². The van der Waals surface area contributed by atoms with Gasteiger partial charge in [0.2, 0.25) is 0 Å². The lowest BCUT2D eigenvalue weighted by atomic mass is 9.95. The quantitative estimate of drug-likeness (QED) is 0.0879. The van der Waals surface area contributed by atoms with Crippen LogP contribution in [0.5, 0.6) is 0 Å². The van der Waals surface area contributed by atoms with Crippen molar-refractivity contribution >= 4 is 28.7 Å². The van der Waals surface area contributed by atoms with Crippen molar-refractivity contribution in [2.24, 2.45) is 5.84 Å². The first-order valence-electron chi connectivity index (χ1n) is 10.1. The van der Waals surface area contributed by atoms with E-state index in [0.717, 1.165) is 37.1 Å². The Balaban J connectivity index is 1.87. The zero-order valence-corrected chi connectivity index (χ0v) is 18.0. The summed E-state index contributed by atoms with van der Waals surface area (Å²) < 4.78 is 13.2. The first-order chi connectivity index (χ1) is 14.9. The number of amides is 2. The number of thiophene rings is 1. The zero-order valence-electron chi connectivity index (χ0n) is 17.1. The Morgan fingerprint density at radius 2 is 1.87 bits per heavy atom. The van der Waals surface area contributed by atoms with Crippen LogP contribution in [0.15, 0.2) is 59.0 Å². The van der Waals surface area contributed by atoms with Gasteiger partial charge >= 0.3 is 0 Å². The van der Waals surface area contributed by atoms with E-state index >= 15 is 0 Å². The molecule has 0 saturated heterocycles. The average Bonchev–Trinajstić information content (AvgIpc) is 3.30. The molecule has 0 atom stereocenters. The molecule has 0 spiro atoms. The molecule has 0 radical (unpaired) electrons. The molecule has 8 heteroatoms. The van der Waals surface area contributed by atoms with Crippen molar-refractivity contribution in [1.82, 2.24) is 10.3 Å². The minimum Gasteiger partial charge on any atom is -0.506 e. The van der Waals surface area contributed by atoms with Crippen LogP contribution in [0.25, 0.3) is 5.57 Å². The van der Waals surface area contributed by atoms with E-state index in [2.05, 4.69) is 11.9 Å². The number of hydrazine groups is 1. The van der Waals surface area contributed by atoms with Crippen LogP contribution in [-0.2, 0) is 16.1 Å². The fourth-order valence-electron chi connectivity index (χ4n) is 3.54. The van der Waals surface area contributed by atoms with Crippen LogP contribution >= 0.6 is 11.3 Å². The fourth-order valence-corrected chi connectivity index (χ4v) is 4.21. The molecule has 0 aliphatic heterocycles. The second kappa shape index (κ2) is 10.4. The molecule has 2 aromatic rings. The summed E-state index contributed by atoms with van der Waals surface area (Å²) >= 11 is 1.41. The number of nitrogens with two attached hydrogens (primary N) is 1. The van der Waals surface area contributed by atoms with Gasteiger partial charge in [0.1, 0.15) is 17.1 Å². The molecule has 3 rings (SSSR count). The van der Waals surface area contributed by atoms with Gasteiger partial charge in [-0.05, 0) is 52.9 Å². The number of hydrogen-bond donors (Lipinski definition) is 3. The zero-order chi connectivity index (χ0) is 22.4. The number of hydrogen-bond acceptors (Lipinski definition) is 5. The minimum absolute atomic E-state index is 0.0580. The molecular weight excluding hydrogens is 417 g/mol. The number of nitrogens with one attached hydrogen (secondary N) is 1. The largest absolute Gasteiger partial charge is 0.506 e. The smallest absolute Gasteiger partial charge is 0.277 e. The summed E-state index contributed by atoms with van der Waals surface area (Å²) in [6.45, 7) is 3.79. The highest BCUT2D eigenvalue weighted by molar-refractivity contribution is 7.08. The molecule has 1 saturated carbocycles. The summed E-state index contributed by atoms with van der Waals surface area (Å²) in [7, 11) is 0. The number of aliphatic hydroxyl groups is 1. The molecular formula is C23H26FN3O3S. The number of allylic oxidation sites excluding steroid dienone is 1. The van der Waals surface area contributed by atoms with Gasteiger partial charge in [0.05, 0.1) is 6.54 Å². The van der Waals surface area contributed by atoms with E-state index < -0.39 is 29.0 Å². The van der Waals surface area contributed by atoms with E-state index in [1.807, 2.05) is 0 Å². The Bertz CT molecular complexity index is 964. The fraction of sp³-hybridized carbons (Fsp3) is 0.304. The lowest BCUT2D eigenvalue weighted by Gasteiger charge is -2.25. The number of carbonyl (C=O) groups is 2. The third kappa shape index (κ3) is 5.80. The summed E-state index contributed by atoms with van der Waals surface area (Å²) in [6.07, 6.45) is 4.75. The number of nitrogens with zero attached hydrogens (tertiary/aromatic N) is 1. The van der Waals surface area contributed by atoms with E-state index in [1.54, 1.807) is 16.8 Å². The Kier molecular flexibility index (Phi) is 7.59. The Hall–Kier alpha value is -2.97. The molecule has 1 heterocycles. The van der Waals surface area contributed by atoms with Crippen molar-refractivity contribution in [3.63, 3.8) is 0 Å². The van der Waals surface area contributed by atoms with Crippen LogP contribution in [0.2, 0.25) is 0 Å². The molecule has 31 heavy (non-hydrogen) atoms. The average molecular weight is 444 g/mol. The number of rotatable bonds is 7. The molecule has 1 aliphatic rings. The first-order valence-corrected chi connectivity index (χ1v) is 11.1. The Morgan fingerprint density at radius 3 is 2.48 bits per heavy atom. The van der Waals surface area contributed by atoms with Crippen molar-refractivity contribution in [3.8, 4) is 0 Å². The van der Waals surface area contributed by atoms with Crippen LogP contribution in [0.1, 0.15) is 43.2 Å². The molecule has 164 valence electrons. The molecule has 6 nitrogen and oxygen atoms in total. The maximum Gasteiger partial charge on any atom is 0.277 e. The summed E-state index contributed by atoms with van der Waals surface area (Å²) in [5, 5.41) is 18.1. The van der Waals surface area contributed by atoms with Crippen molar-refractivity contribution in [3.05, 3.63) is 75.9 Å². The Labute approximate surface area is 184 Å². The molecule has 0 unspecified atom stereocenters.